The lowest BCUT2D eigenvalue weighted by Gasteiger charge is -2.11. The molecule has 0 unspecified atom stereocenters. The summed E-state index contributed by atoms with van der Waals surface area (Å²) in [6, 6.07) is 8.79. The van der Waals surface area contributed by atoms with E-state index in [0.717, 1.165) is 18.7 Å². The smallest absolute Gasteiger partial charge is 0.343 e. The van der Waals surface area contributed by atoms with Crippen LogP contribution in [0, 0.1) is 34.5 Å². The molecule has 0 saturated heterocycles. The first-order chi connectivity index (χ1) is 14.7. The Labute approximate surface area is 175 Å². The van der Waals surface area contributed by atoms with Gasteiger partial charge in [-0.15, -0.1) is 0 Å². The molecule has 164 valence electrons. The summed E-state index contributed by atoms with van der Waals surface area (Å²) >= 11 is 0. The van der Waals surface area contributed by atoms with E-state index in [1.165, 1.54) is 0 Å². The summed E-state index contributed by atoms with van der Waals surface area (Å²) in [6.45, 7) is 2.58. The molecule has 0 amide bonds. The fraction of sp³-hybridized carbons (Fsp3) is 0.238. The topological polar surface area (TPSA) is 98.5 Å². The van der Waals surface area contributed by atoms with Crippen LogP contribution in [-0.4, -0.2) is 23.3 Å². The minimum Gasteiger partial charge on any atom is -0.462 e. The highest BCUT2D eigenvalue weighted by molar-refractivity contribution is 6.25. The first kappa shape index (κ1) is 23.6. The average Bonchev–Trinajstić information content (AvgIpc) is 2.75. The van der Waals surface area contributed by atoms with Gasteiger partial charge in [-0.3, -0.25) is 14.9 Å². The van der Waals surface area contributed by atoms with Gasteiger partial charge in [0.05, 0.1) is 11.5 Å². The zero-order valence-corrected chi connectivity index (χ0v) is 16.7. The van der Waals surface area contributed by atoms with E-state index < -0.39 is 56.5 Å². The van der Waals surface area contributed by atoms with Gasteiger partial charge in [-0.1, -0.05) is 37.3 Å². The Morgan fingerprint density at radius 2 is 1.77 bits per heavy atom. The number of hydrogen-bond donors (Lipinski definition) is 1. The van der Waals surface area contributed by atoms with Crippen LogP contribution < -0.4 is 5.32 Å². The number of nitrogens with one attached hydrogen (secondary N) is 1. The van der Waals surface area contributed by atoms with Crippen LogP contribution in [0.4, 0.5) is 18.9 Å². The lowest BCUT2D eigenvalue weighted by atomic mass is 9.98. The number of nitro groups is 1. The summed E-state index contributed by atoms with van der Waals surface area (Å²) in [5.41, 5.74) is -4.00. The second-order valence-corrected chi connectivity index (χ2v) is 6.44. The molecule has 0 aliphatic heterocycles. The minimum absolute atomic E-state index is 0.0798. The molecule has 0 spiro atoms. The minimum atomic E-state index is -1.99. The van der Waals surface area contributed by atoms with Gasteiger partial charge in [0, 0.05) is 18.3 Å². The van der Waals surface area contributed by atoms with E-state index in [4.69, 9.17) is 4.74 Å². The number of Topliss-reactive ketones (excluding diaryl/α,β-unsaturated/α-hetero) is 1. The second kappa shape index (κ2) is 10.4. The van der Waals surface area contributed by atoms with Gasteiger partial charge in [0.2, 0.25) is 11.6 Å². The number of nitro benzene ring substituents is 1. The van der Waals surface area contributed by atoms with Gasteiger partial charge in [0.15, 0.2) is 5.82 Å². The van der Waals surface area contributed by atoms with Crippen molar-refractivity contribution in [1.82, 2.24) is 5.32 Å². The number of ether oxygens (including phenoxy) is 1. The third-order valence-corrected chi connectivity index (χ3v) is 4.22. The molecule has 0 bridgehead atoms. The summed E-state index contributed by atoms with van der Waals surface area (Å²) in [7, 11) is 0. The van der Waals surface area contributed by atoms with Crippen molar-refractivity contribution in [2.75, 3.05) is 6.61 Å². The number of ketones is 1. The van der Waals surface area contributed by atoms with Gasteiger partial charge in [-0.2, -0.15) is 4.39 Å². The standard InChI is InChI=1S/C21H19F3N2O5/c1-3-9-31-21(28)14(11-25-10-13-7-5-4-6-8-13)20(27)15-16(22)12(2)17(23)18(24)19(15)26(29)30/h4-8,11,25H,3,9-10H2,1-2H3. The third kappa shape index (κ3) is 5.27. The highest BCUT2D eigenvalue weighted by Gasteiger charge is 2.37. The number of nitrogens with zero attached hydrogens (tertiary/aromatic N) is 1. The van der Waals surface area contributed by atoms with Crippen LogP contribution >= 0.6 is 0 Å². The first-order valence-corrected chi connectivity index (χ1v) is 9.21. The lowest BCUT2D eigenvalue weighted by Crippen LogP contribution is -2.23. The molecule has 0 saturated carbocycles. The van der Waals surface area contributed by atoms with E-state index in [1.807, 2.05) is 0 Å². The predicted molar refractivity (Wildman–Crippen MR) is 105 cm³/mol. The number of hydrogen-bond acceptors (Lipinski definition) is 6. The average molecular weight is 436 g/mol. The summed E-state index contributed by atoms with van der Waals surface area (Å²) in [5.74, 6) is -8.11. The molecule has 0 aromatic heterocycles. The number of carbonyl (C=O) groups is 2. The Morgan fingerprint density at radius 3 is 2.35 bits per heavy atom. The fourth-order valence-electron chi connectivity index (χ4n) is 2.64. The summed E-state index contributed by atoms with van der Waals surface area (Å²) < 4.78 is 47.5. The molecule has 0 aliphatic rings. The molecule has 2 rings (SSSR count). The Balaban J connectivity index is 2.53. The van der Waals surface area contributed by atoms with Gasteiger partial charge < -0.3 is 10.1 Å². The largest absolute Gasteiger partial charge is 0.462 e. The normalized spacial score (nSPS) is 11.2. The van der Waals surface area contributed by atoms with E-state index in [2.05, 4.69) is 5.32 Å². The maximum atomic E-state index is 14.6. The van der Waals surface area contributed by atoms with Gasteiger partial charge >= 0.3 is 11.7 Å². The number of carbonyl (C=O) groups excluding carboxylic acids is 2. The molecule has 0 radical (unpaired) electrons. The van der Waals surface area contributed by atoms with Crippen LogP contribution in [0.1, 0.15) is 34.8 Å². The number of rotatable bonds is 9. The highest BCUT2D eigenvalue weighted by atomic mass is 19.2. The van der Waals surface area contributed by atoms with Gasteiger partial charge in [0.25, 0.3) is 0 Å². The number of halogens is 3. The molecule has 0 fully saturated rings. The van der Waals surface area contributed by atoms with Crippen LogP contribution in [0.5, 0.6) is 0 Å². The van der Waals surface area contributed by atoms with Crippen molar-refractivity contribution in [3.05, 3.63) is 86.4 Å². The molecule has 0 aliphatic carbocycles. The number of benzene rings is 2. The maximum Gasteiger partial charge on any atom is 0.343 e. The fourth-order valence-corrected chi connectivity index (χ4v) is 2.64. The molecule has 2 aromatic rings. The van der Waals surface area contributed by atoms with Gasteiger partial charge in [-0.25, -0.2) is 13.6 Å². The number of esters is 1. The van der Waals surface area contributed by atoms with E-state index >= 15 is 0 Å². The maximum absolute atomic E-state index is 14.6. The van der Waals surface area contributed by atoms with Crippen molar-refractivity contribution in [3.8, 4) is 0 Å². The van der Waals surface area contributed by atoms with E-state index in [-0.39, 0.29) is 13.2 Å². The monoisotopic (exact) mass is 436 g/mol. The van der Waals surface area contributed by atoms with Crippen molar-refractivity contribution < 1.29 is 32.4 Å². The Bertz CT molecular complexity index is 1040. The molecular formula is C21H19F3N2O5. The molecule has 31 heavy (non-hydrogen) atoms. The molecule has 10 heteroatoms. The SMILES string of the molecule is CCCOC(=O)C(=CNCc1ccccc1)C(=O)c1c(F)c(C)c(F)c(F)c1[N+](=O)[O-]. The Morgan fingerprint density at radius 1 is 1.13 bits per heavy atom. The van der Waals surface area contributed by atoms with E-state index in [1.54, 1.807) is 37.3 Å². The quantitative estimate of drug-likeness (QED) is 0.0928. The zero-order valence-electron chi connectivity index (χ0n) is 16.7. The van der Waals surface area contributed by atoms with Crippen LogP contribution in [0.3, 0.4) is 0 Å². The molecular weight excluding hydrogens is 417 g/mol. The van der Waals surface area contributed by atoms with Crippen LogP contribution in [0.25, 0.3) is 0 Å². The molecule has 1 N–H and O–H groups in total. The van der Waals surface area contributed by atoms with Crippen LogP contribution in [-0.2, 0) is 16.1 Å². The molecule has 2 aromatic carbocycles. The van der Waals surface area contributed by atoms with Crippen molar-refractivity contribution in [2.24, 2.45) is 0 Å². The third-order valence-electron chi connectivity index (χ3n) is 4.22. The summed E-state index contributed by atoms with van der Waals surface area (Å²) in [6.07, 6.45) is 1.32. The summed E-state index contributed by atoms with van der Waals surface area (Å²) in [4.78, 5) is 35.1. The second-order valence-electron chi connectivity index (χ2n) is 6.44. The van der Waals surface area contributed by atoms with Crippen LogP contribution in [0.2, 0.25) is 0 Å². The molecule has 0 heterocycles. The predicted octanol–water partition coefficient (Wildman–Crippen LogP) is 4.13. The molecule has 7 nitrogen and oxygen atoms in total. The highest BCUT2D eigenvalue weighted by Crippen LogP contribution is 2.32. The Hall–Kier alpha value is -3.69. The van der Waals surface area contributed by atoms with Crippen molar-refractivity contribution in [2.45, 2.75) is 26.8 Å². The van der Waals surface area contributed by atoms with Crippen molar-refractivity contribution >= 4 is 17.4 Å². The molecule has 0 atom stereocenters. The van der Waals surface area contributed by atoms with Crippen LogP contribution in [0.15, 0.2) is 42.1 Å². The summed E-state index contributed by atoms with van der Waals surface area (Å²) in [5, 5.41) is 13.9. The van der Waals surface area contributed by atoms with Crippen molar-refractivity contribution in [1.29, 1.82) is 0 Å². The van der Waals surface area contributed by atoms with Gasteiger partial charge in [-0.05, 0) is 18.9 Å². The van der Waals surface area contributed by atoms with E-state index in [0.29, 0.717) is 6.42 Å². The van der Waals surface area contributed by atoms with Gasteiger partial charge in [0.1, 0.15) is 17.0 Å². The van der Waals surface area contributed by atoms with E-state index in [9.17, 15) is 32.9 Å². The first-order valence-electron chi connectivity index (χ1n) is 9.21. The zero-order chi connectivity index (χ0) is 23.1. The lowest BCUT2D eigenvalue weighted by molar-refractivity contribution is -0.388. The van der Waals surface area contributed by atoms with Crippen molar-refractivity contribution in [3.63, 3.8) is 0 Å². The Kier molecular flexibility index (Phi) is 7.89.